The van der Waals surface area contributed by atoms with Crippen LogP contribution in [-0.2, 0) is 4.79 Å². The Bertz CT molecular complexity index is 1420. The molecule has 5 nitrogen and oxygen atoms in total. The molecule has 3 aromatic rings. The largest absolute Gasteiger partial charge is 0.326 e. The third-order valence-corrected chi connectivity index (χ3v) is 7.49. The van der Waals surface area contributed by atoms with Crippen LogP contribution in [0, 0.1) is 23.1 Å². The van der Waals surface area contributed by atoms with E-state index >= 15 is 0 Å². The number of anilines is 2. The highest BCUT2D eigenvalue weighted by Gasteiger charge is 2.67. The molecule has 1 saturated carbocycles. The fourth-order valence-corrected chi connectivity index (χ4v) is 5.52. The van der Waals surface area contributed by atoms with Crippen molar-refractivity contribution < 1.29 is 14.0 Å². The van der Waals surface area contributed by atoms with Crippen LogP contribution in [0.3, 0.4) is 0 Å². The van der Waals surface area contributed by atoms with Crippen LogP contribution in [0.2, 0.25) is 15.1 Å². The van der Waals surface area contributed by atoms with Gasteiger partial charge in [0.05, 0.1) is 33.8 Å². The summed E-state index contributed by atoms with van der Waals surface area (Å²) in [5.74, 6) is -3.20. The van der Waals surface area contributed by atoms with Crippen molar-refractivity contribution in [2.75, 3.05) is 17.3 Å². The number of halogens is 6. The van der Waals surface area contributed by atoms with Gasteiger partial charge in [-0.2, -0.15) is 5.26 Å². The molecule has 1 fully saturated rings. The summed E-state index contributed by atoms with van der Waals surface area (Å²) < 4.78 is 13.1. The maximum atomic E-state index is 14.4. The number of nitrogens with zero attached hydrogens (tertiary/aromatic N) is 2. The Morgan fingerprint density at radius 3 is 2.31 bits per heavy atom. The van der Waals surface area contributed by atoms with Gasteiger partial charge in [0.15, 0.2) is 0 Å². The van der Waals surface area contributed by atoms with E-state index < -0.39 is 33.8 Å². The number of carbonyl (C=O) groups excluding carboxylic acids is 2. The molecule has 36 heavy (non-hydrogen) atoms. The number of nitriles is 1. The van der Waals surface area contributed by atoms with Gasteiger partial charge in [0.25, 0.3) is 5.91 Å². The molecular formula is C25H15Cl5FN3O2. The van der Waals surface area contributed by atoms with Crippen molar-refractivity contribution in [3.63, 3.8) is 0 Å². The first kappa shape index (κ1) is 26.5. The Morgan fingerprint density at radius 2 is 1.69 bits per heavy atom. The van der Waals surface area contributed by atoms with E-state index in [2.05, 4.69) is 5.32 Å². The van der Waals surface area contributed by atoms with Crippen molar-refractivity contribution in [1.82, 2.24) is 0 Å². The molecule has 4 rings (SSSR count). The number of alkyl halides is 2. The summed E-state index contributed by atoms with van der Waals surface area (Å²) >= 11 is 31.2. The van der Waals surface area contributed by atoms with E-state index in [1.807, 2.05) is 6.07 Å². The van der Waals surface area contributed by atoms with Crippen molar-refractivity contribution in [3.05, 3.63) is 92.2 Å². The van der Waals surface area contributed by atoms with Crippen molar-refractivity contribution in [2.45, 2.75) is 10.3 Å². The maximum absolute atomic E-state index is 14.4. The van der Waals surface area contributed by atoms with E-state index in [1.54, 1.807) is 18.2 Å². The first-order chi connectivity index (χ1) is 16.9. The van der Waals surface area contributed by atoms with Gasteiger partial charge in [-0.25, -0.2) is 4.39 Å². The zero-order valence-electron chi connectivity index (χ0n) is 18.3. The van der Waals surface area contributed by atoms with Gasteiger partial charge < -0.3 is 10.2 Å². The number of hydrogen-bond acceptors (Lipinski definition) is 3. The van der Waals surface area contributed by atoms with Crippen molar-refractivity contribution in [1.29, 1.82) is 5.26 Å². The van der Waals surface area contributed by atoms with Crippen LogP contribution in [0.5, 0.6) is 0 Å². The molecular weight excluding hydrogens is 571 g/mol. The molecule has 1 aliphatic carbocycles. The molecule has 3 aromatic carbocycles. The summed E-state index contributed by atoms with van der Waals surface area (Å²) in [7, 11) is 1.37. The quantitative estimate of drug-likeness (QED) is 0.316. The highest BCUT2D eigenvalue weighted by molar-refractivity contribution is 6.53. The van der Waals surface area contributed by atoms with E-state index in [-0.39, 0.29) is 27.5 Å². The van der Waals surface area contributed by atoms with Crippen molar-refractivity contribution >= 4 is 81.2 Å². The molecule has 1 N–H and O–H groups in total. The number of hydrogen-bond donors (Lipinski definition) is 1. The van der Waals surface area contributed by atoms with Crippen LogP contribution >= 0.6 is 58.0 Å². The Balaban J connectivity index is 1.55. The lowest BCUT2D eigenvalue weighted by molar-refractivity contribution is -0.117. The fourth-order valence-electron chi connectivity index (χ4n) is 3.95. The molecule has 11 heteroatoms. The predicted octanol–water partition coefficient (Wildman–Crippen LogP) is 7.46. The summed E-state index contributed by atoms with van der Waals surface area (Å²) in [6.07, 6.45) is 0. The van der Waals surface area contributed by atoms with Gasteiger partial charge in [0.2, 0.25) is 5.91 Å². The lowest BCUT2D eigenvalue weighted by Gasteiger charge is -2.19. The molecule has 1 aliphatic rings. The Kier molecular flexibility index (Phi) is 7.43. The first-order valence-electron chi connectivity index (χ1n) is 10.4. The van der Waals surface area contributed by atoms with Crippen LogP contribution in [0.15, 0.2) is 54.6 Å². The maximum Gasteiger partial charge on any atom is 0.259 e. The van der Waals surface area contributed by atoms with Gasteiger partial charge in [-0.3, -0.25) is 9.59 Å². The van der Waals surface area contributed by atoms with E-state index in [4.69, 9.17) is 63.3 Å². The average molecular weight is 586 g/mol. The fraction of sp³-hybridized carbons (Fsp3) is 0.160. The Morgan fingerprint density at radius 1 is 1.03 bits per heavy atom. The third kappa shape index (κ3) is 5.13. The van der Waals surface area contributed by atoms with Crippen molar-refractivity contribution in [3.8, 4) is 6.07 Å². The standard InChI is InChI=1S/C25H15Cl5FN3O2/c1-34(20-5-2-12(11-32)6-19(20)31)24(36)17-10-16(3-4-18(17)28)33-23(35)22-21(25(22,29)30)13-7-14(26)9-15(27)8-13/h2-10,21-22H,1H3,(H,33,35)/t21-,22+/m1/s1. The zero-order chi connectivity index (χ0) is 26.4. The molecule has 0 unspecified atom stereocenters. The molecule has 0 aromatic heterocycles. The minimum atomic E-state index is -1.38. The van der Waals surface area contributed by atoms with Gasteiger partial charge in [0.1, 0.15) is 10.2 Å². The summed E-state index contributed by atoms with van der Waals surface area (Å²) in [6.45, 7) is 0. The van der Waals surface area contributed by atoms with Crippen LogP contribution in [-0.4, -0.2) is 23.2 Å². The molecule has 2 atom stereocenters. The topological polar surface area (TPSA) is 73.2 Å². The third-order valence-electron chi connectivity index (χ3n) is 5.79. The molecule has 184 valence electrons. The Labute approximate surface area is 231 Å². The molecule has 0 aliphatic heterocycles. The van der Waals surface area contributed by atoms with Gasteiger partial charge >= 0.3 is 0 Å². The molecule has 0 heterocycles. The molecule has 0 saturated heterocycles. The lowest BCUT2D eigenvalue weighted by Crippen LogP contribution is -2.27. The molecule has 0 spiro atoms. The summed E-state index contributed by atoms with van der Waals surface area (Å²) in [4.78, 5) is 27.2. The minimum Gasteiger partial charge on any atom is -0.326 e. The first-order valence-corrected chi connectivity index (χ1v) is 12.2. The smallest absolute Gasteiger partial charge is 0.259 e. The molecule has 0 radical (unpaired) electrons. The molecule has 0 bridgehead atoms. The van der Waals surface area contributed by atoms with Crippen LogP contribution in [0.4, 0.5) is 15.8 Å². The van der Waals surface area contributed by atoms with Crippen LogP contribution in [0.1, 0.15) is 27.4 Å². The second kappa shape index (κ2) is 10.1. The van der Waals surface area contributed by atoms with Gasteiger partial charge in [-0.1, -0.05) is 34.8 Å². The monoisotopic (exact) mass is 583 g/mol. The normalized spacial score (nSPS) is 17.7. The second-order valence-corrected chi connectivity index (χ2v) is 10.9. The summed E-state index contributed by atoms with van der Waals surface area (Å²) in [6, 6.07) is 14.7. The molecule has 2 amide bonds. The lowest BCUT2D eigenvalue weighted by atomic mass is 10.1. The van der Waals surface area contributed by atoms with E-state index in [0.717, 1.165) is 11.0 Å². The van der Waals surface area contributed by atoms with E-state index in [9.17, 15) is 14.0 Å². The highest BCUT2D eigenvalue weighted by Crippen LogP contribution is 2.65. The number of amides is 2. The van der Waals surface area contributed by atoms with Gasteiger partial charge in [-0.15, -0.1) is 23.2 Å². The van der Waals surface area contributed by atoms with Crippen LogP contribution in [0.25, 0.3) is 0 Å². The van der Waals surface area contributed by atoms with Gasteiger partial charge in [-0.05, 0) is 60.2 Å². The van der Waals surface area contributed by atoms with E-state index in [1.165, 1.54) is 37.4 Å². The second-order valence-electron chi connectivity index (χ2n) is 8.16. The number of benzene rings is 3. The number of rotatable bonds is 5. The van der Waals surface area contributed by atoms with Crippen molar-refractivity contribution in [2.24, 2.45) is 5.92 Å². The van der Waals surface area contributed by atoms with E-state index in [0.29, 0.717) is 15.6 Å². The van der Waals surface area contributed by atoms with Crippen LogP contribution < -0.4 is 10.2 Å². The summed E-state index contributed by atoms with van der Waals surface area (Å²) in [5.41, 5.74) is 0.987. The number of carbonyl (C=O) groups is 2. The number of nitrogens with one attached hydrogen (secondary N) is 1. The Hall–Kier alpha value is -2.53. The average Bonchev–Trinajstić information content (AvgIpc) is 3.40. The minimum absolute atomic E-state index is 0.0257. The highest BCUT2D eigenvalue weighted by atomic mass is 35.5. The van der Waals surface area contributed by atoms with Gasteiger partial charge in [0, 0.05) is 28.7 Å². The predicted molar refractivity (Wildman–Crippen MR) is 141 cm³/mol. The summed E-state index contributed by atoms with van der Waals surface area (Å²) in [5, 5.41) is 12.5. The zero-order valence-corrected chi connectivity index (χ0v) is 22.1. The SMILES string of the molecule is CN(C(=O)c1cc(NC(=O)[C@@H]2[C@@H](c3cc(Cl)cc(Cl)c3)C2(Cl)Cl)ccc1Cl)c1ccc(C#N)cc1F.